The van der Waals surface area contributed by atoms with Crippen LogP contribution >= 0.6 is 11.3 Å². The van der Waals surface area contributed by atoms with E-state index < -0.39 is 21.9 Å². The first-order chi connectivity index (χ1) is 15.8. The highest BCUT2D eigenvalue weighted by atomic mass is 32.2. The fraction of sp³-hybridized carbons (Fsp3) is 0.261. The number of hydrogen-bond acceptors (Lipinski definition) is 5. The van der Waals surface area contributed by atoms with Crippen LogP contribution in [-0.4, -0.2) is 56.3 Å². The molecule has 0 aliphatic carbocycles. The zero-order valence-corrected chi connectivity index (χ0v) is 19.3. The standard InChI is InChI=1S/C23H23F2N3O3S2/c24-18-8-6-17(7-9-18)23(21-5-2-14-32-21)26-22(29)16-27-10-12-28(13-11-27)33(30,31)20-4-1-3-19(25)15-20/h1-9,14-15,23H,10-13,16H2,(H,26,29). The van der Waals surface area contributed by atoms with Crippen LogP contribution in [-0.2, 0) is 14.8 Å². The van der Waals surface area contributed by atoms with E-state index in [2.05, 4.69) is 5.32 Å². The van der Waals surface area contributed by atoms with Gasteiger partial charge in [-0.1, -0.05) is 24.3 Å². The summed E-state index contributed by atoms with van der Waals surface area (Å²) in [4.78, 5) is 15.5. The zero-order valence-electron chi connectivity index (χ0n) is 17.7. The Morgan fingerprint density at radius 1 is 0.970 bits per heavy atom. The average molecular weight is 492 g/mol. The zero-order chi connectivity index (χ0) is 23.4. The molecule has 33 heavy (non-hydrogen) atoms. The van der Waals surface area contributed by atoms with E-state index in [1.165, 1.54) is 46.0 Å². The van der Waals surface area contributed by atoms with E-state index in [-0.39, 0.29) is 36.3 Å². The lowest BCUT2D eigenvalue weighted by molar-refractivity contribution is -0.123. The average Bonchev–Trinajstić information content (AvgIpc) is 3.33. The number of carbonyl (C=O) groups is 1. The molecule has 1 aliphatic rings. The molecular formula is C23H23F2N3O3S2. The van der Waals surface area contributed by atoms with E-state index in [1.54, 1.807) is 12.1 Å². The molecule has 0 bridgehead atoms. The molecule has 1 N–H and O–H groups in total. The minimum Gasteiger partial charge on any atom is -0.343 e. The molecule has 174 valence electrons. The third-order valence-corrected chi connectivity index (χ3v) is 8.30. The third kappa shape index (κ3) is 5.64. The van der Waals surface area contributed by atoms with Gasteiger partial charge in [0.05, 0.1) is 17.5 Å². The fourth-order valence-electron chi connectivity index (χ4n) is 3.74. The number of nitrogens with zero attached hydrogens (tertiary/aromatic N) is 2. The van der Waals surface area contributed by atoms with Gasteiger partial charge in [0.2, 0.25) is 15.9 Å². The van der Waals surface area contributed by atoms with Gasteiger partial charge in [0.1, 0.15) is 11.6 Å². The van der Waals surface area contributed by atoms with E-state index in [4.69, 9.17) is 0 Å². The van der Waals surface area contributed by atoms with Crippen LogP contribution in [0.3, 0.4) is 0 Å². The van der Waals surface area contributed by atoms with E-state index >= 15 is 0 Å². The van der Waals surface area contributed by atoms with Gasteiger partial charge in [0, 0.05) is 31.1 Å². The van der Waals surface area contributed by atoms with Crippen molar-refractivity contribution in [2.24, 2.45) is 0 Å². The van der Waals surface area contributed by atoms with Crippen molar-refractivity contribution in [2.75, 3.05) is 32.7 Å². The predicted octanol–water partition coefficient (Wildman–Crippen LogP) is 3.24. The topological polar surface area (TPSA) is 69.7 Å². The van der Waals surface area contributed by atoms with Crippen molar-refractivity contribution in [1.29, 1.82) is 0 Å². The van der Waals surface area contributed by atoms with Gasteiger partial charge in [-0.3, -0.25) is 9.69 Å². The number of carbonyl (C=O) groups excluding carboxylic acids is 1. The third-order valence-electron chi connectivity index (χ3n) is 5.47. The van der Waals surface area contributed by atoms with Crippen LogP contribution in [0.15, 0.2) is 70.9 Å². The van der Waals surface area contributed by atoms with Crippen molar-refractivity contribution in [2.45, 2.75) is 10.9 Å². The van der Waals surface area contributed by atoms with Crippen molar-refractivity contribution in [3.8, 4) is 0 Å². The molecule has 2 heterocycles. The van der Waals surface area contributed by atoms with Gasteiger partial charge in [-0.2, -0.15) is 4.31 Å². The summed E-state index contributed by atoms with van der Waals surface area (Å²) in [6.45, 7) is 1.28. The molecule has 10 heteroatoms. The summed E-state index contributed by atoms with van der Waals surface area (Å²) in [5, 5.41) is 4.92. The van der Waals surface area contributed by atoms with Gasteiger partial charge in [0.25, 0.3) is 0 Å². The van der Waals surface area contributed by atoms with Crippen molar-refractivity contribution in [3.63, 3.8) is 0 Å². The largest absolute Gasteiger partial charge is 0.343 e. The molecule has 1 aromatic heterocycles. The number of nitrogens with one attached hydrogen (secondary N) is 1. The summed E-state index contributed by atoms with van der Waals surface area (Å²) in [5.41, 5.74) is 0.776. The van der Waals surface area contributed by atoms with Crippen LogP contribution in [0.1, 0.15) is 16.5 Å². The maximum absolute atomic E-state index is 13.5. The van der Waals surface area contributed by atoms with Gasteiger partial charge >= 0.3 is 0 Å². The van der Waals surface area contributed by atoms with Crippen molar-refractivity contribution in [3.05, 3.63) is 88.1 Å². The van der Waals surface area contributed by atoms with Gasteiger partial charge < -0.3 is 5.32 Å². The lowest BCUT2D eigenvalue weighted by atomic mass is 10.1. The molecule has 1 aliphatic heterocycles. The van der Waals surface area contributed by atoms with Crippen LogP contribution in [0.25, 0.3) is 0 Å². The van der Waals surface area contributed by atoms with E-state index in [1.807, 2.05) is 22.4 Å². The molecule has 1 unspecified atom stereocenters. The monoisotopic (exact) mass is 491 g/mol. The first-order valence-corrected chi connectivity index (χ1v) is 12.7. The quantitative estimate of drug-likeness (QED) is 0.551. The highest BCUT2D eigenvalue weighted by Crippen LogP contribution is 2.26. The number of amides is 1. The molecule has 3 aromatic rings. The normalized spacial score (nSPS) is 16.4. The first-order valence-electron chi connectivity index (χ1n) is 10.4. The molecular weight excluding hydrogens is 468 g/mol. The Morgan fingerprint density at radius 2 is 1.70 bits per heavy atom. The molecule has 2 aromatic carbocycles. The van der Waals surface area contributed by atoms with Crippen LogP contribution in [0.5, 0.6) is 0 Å². The second kappa shape index (κ2) is 10.1. The summed E-state index contributed by atoms with van der Waals surface area (Å²) in [6, 6.07) is 14.4. The van der Waals surface area contributed by atoms with Crippen molar-refractivity contribution < 1.29 is 22.0 Å². The second-order valence-corrected chi connectivity index (χ2v) is 10.6. The Hall–Kier alpha value is -2.66. The lowest BCUT2D eigenvalue weighted by Gasteiger charge is -2.33. The Morgan fingerprint density at radius 3 is 2.33 bits per heavy atom. The number of halogens is 2. The van der Waals surface area contributed by atoms with Gasteiger partial charge in [-0.05, 0) is 47.3 Å². The Bertz CT molecular complexity index is 1190. The summed E-state index contributed by atoms with van der Waals surface area (Å²) >= 11 is 1.50. The SMILES string of the molecule is O=C(CN1CCN(S(=O)(=O)c2cccc(F)c2)CC1)NC(c1ccc(F)cc1)c1cccs1. The van der Waals surface area contributed by atoms with Crippen molar-refractivity contribution in [1.82, 2.24) is 14.5 Å². The van der Waals surface area contributed by atoms with E-state index in [0.717, 1.165) is 16.5 Å². The molecule has 0 spiro atoms. The van der Waals surface area contributed by atoms with Crippen LogP contribution < -0.4 is 5.32 Å². The summed E-state index contributed by atoms with van der Waals surface area (Å²) in [6.07, 6.45) is 0. The highest BCUT2D eigenvalue weighted by Gasteiger charge is 2.29. The molecule has 1 amide bonds. The lowest BCUT2D eigenvalue weighted by Crippen LogP contribution is -2.51. The maximum atomic E-state index is 13.5. The number of benzene rings is 2. The minimum absolute atomic E-state index is 0.0771. The minimum atomic E-state index is -3.79. The smallest absolute Gasteiger partial charge is 0.243 e. The number of thiophene rings is 1. The molecule has 0 radical (unpaired) electrons. The molecule has 1 saturated heterocycles. The molecule has 1 atom stereocenters. The molecule has 6 nitrogen and oxygen atoms in total. The van der Waals surface area contributed by atoms with Crippen LogP contribution in [0.4, 0.5) is 8.78 Å². The number of rotatable bonds is 7. The fourth-order valence-corrected chi connectivity index (χ4v) is 6.00. The van der Waals surface area contributed by atoms with Crippen molar-refractivity contribution >= 4 is 27.3 Å². The number of piperazine rings is 1. The predicted molar refractivity (Wildman–Crippen MR) is 122 cm³/mol. The number of sulfonamides is 1. The van der Waals surface area contributed by atoms with Gasteiger partial charge in [-0.15, -0.1) is 11.3 Å². The Balaban J connectivity index is 1.37. The second-order valence-electron chi connectivity index (χ2n) is 7.71. The molecule has 0 saturated carbocycles. The number of hydrogen-bond donors (Lipinski definition) is 1. The summed E-state index contributed by atoms with van der Waals surface area (Å²) < 4.78 is 53.6. The van der Waals surface area contributed by atoms with E-state index in [0.29, 0.717) is 13.1 Å². The van der Waals surface area contributed by atoms with Gasteiger partial charge in [0.15, 0.2) is 0 Å². The van der Waals surface area contributed by atoms with E-state index in [9.17, 15) is 22.0 Å². The van der Waals surface area contributed by atoms with Crippen LogP contribution in [0.2, 0.25) is 0 Å². The molecule has 1 fully saturated rings. The summed E-state index contributed by atoms with van der Waals surface area (Å²) in [7, 11) is -3.79. The van der Waals surface area contributed by atoms with Crippen LogP contribution in [0, 0.1) is 11.6 Å². The van der Waals surface area contributed by atoms with Gasteiger partial charge in [-0.25, -0.2) is 17.2 Å². The molecule has 4 rings (SSSR count). The maximum Gasteiger partial charge on any atom is 0.243 e. The Kier molecular flexibility index (Phi) is 7.18. The first kappa shape index (κ1) is 23.5. The summed E-state index contributed by atoms with van der Waals surface area (Å²) in [5.74, 6) is -1.16. The highest BCUT2D eigenvalue weighted by molar-refractivity contribution is 7.89. The Labute approximate surface area is 195 Å².